The summed E-state index contributed by atoms with van der Waals surface area (Å²) in [4.78, 5) is 12.7. The molecule has 0 aromatic heterocycles. The topological polar surface area (TPSA) is 113 Å². The molecule has 0 atom stereocenters. The second kappa shape index (κ2) is 9.63. The van der Waals surface area contributed by atoms with Crippen molar-refractivity contribution >= 4 is 43.0 Å². The Labute approximate surface area is 194 Å². The molecule has 33 heavy (non-hydrogen) atoms. The van der Waals surface area contributed by atoms with Crippen molar-refractivity contribution < 1.29 is 21.6 Å². The Bertz CT molecular complexity index is 1350. The normalized spacial score (nSPS) is 11.6. The Morgan fingerprint density at radius 1 is 0.909 bits per heavy atom. The molecule has 0 fully saturated rings. The molecule has 174 valence electrons. The van der Waals surface area contributed by atoms with E-state index in [1.54, 1.807) is 62.4 Å². The molecule has 0 saturated carbocycles. The van der Waals surface area contributed by atoms with Crippen LogP contribution < -0.4 is 14.3 Å². The first-order valence-corrected chi connectivity index (χ1v) is 13.2. The molecule has 1 amide bonds. The number of hydrogen-bond acceptors (Lipinski definition) is 5. The fraction of sp³-hybridized carbons (Fsp3) is 0.174. The number of hydrogen-bond donors (Lipinski definition) is 2. The predicted molar refractivity (Wildman–Crippen MR) is 131 cm³/mol. The van der Waals surface area contributed by atoms with Gasteiger partial charge in [-0.15, -0.1) is 0 Å². The van der Waals surface area contributed by atoms with Crippen LogP contribution in [0.1, 0.15) is 22.8 Å². The monoisotopic (exact) mass is 487 g/mol. The Balaban J connectivity index is 1.74. The van der Waals surface area contributed by atoms with E-state index in [9.17, 15) is 21.6 Å². The lowest BCUT2D eigenvalue weighted by molar-refractivity contribution is 0.102. The summed E-state index contributed by atoms with van der Waals surface area (Å²) in [5.41, 5.74) is 2.38. The van der Waals surface area contributed by atoms with Crippen molar-refractivity contribution in [3.63, 3.8) is 0 Å². The highest BCUT2D eigenvalue weighted by Gasteiger charge is 2.21. The summed E-state index contributed by atoms with van der Waals surface area (Å²) in [6.45, 7) is 3.27. The number of benzene rings is 3. The highest BCUT2D eigenvalue weighted by molar-refractivity contribution is 7.93. The average Bonchev–Trinajstić information content (AvgIpc) is 2.81. The van der Waals surface area contributed by atoms with E-state index in [1.807, 2.05) is 0 Å². The Kier molecular flexibility index (Phi) is 7.09. The zero-order valence-corrected chi connectivity index (χ0v) is 20.1. The maximum atomic E-state index is 12.9. The molecule has 3 aromatic carbocycles. The van der Waals surface area contributed by atoms with Crippen LogP contribution in [0.25, 0.3) is 0 Å². The van der Waals surface area contributed by atoms with E-state index in [-0.39, 0.29) is 16.2 Å². The number of anilines is 3. The van der Waals surface area contributed by atoms with Crippen molar-refractivity contribution in [2.45, 2.75) is 18.7 Å². The highest BCUT2D eigenvalue weighted by atomic mass is 32.2. The quantitative estimate of drug-likeness (QED) is 0.501. The van der Waals surface area contributed by atoms with Crippen LogP contribution in [-0.2, 0) is 20.0 Å². The fourth-order valence-electron chi connectivity index (χ4n) is 3.01. The molecular formula is C23H25N3O5S2. The molecule has 3 rings (SSSR count). The first kappa shape index (κ1) is 24.3. The summed E-state index contributed by atoms with van der Waals surface area (Å²) < 4.78 is 52.9. The largest absolute Gasteiger partial charge is 0.322 e. The van der Waals surface area contributed by atoms with E-state index < -0.39 is 26.0 Å². The number of nitrogens with one attached hydrogen (secondary N) is 2. The second-order valence-electron chi connectivity index (χ2n) is 7.32. The van der Waals surface area contributed by atoms with Gasteiger partial charge in [-0.2, -0.15) is 0 Å². The first-order valence-electron chi connectivity index (χ1n) is 10.1. The Morgan fingerprint density at radius 3 is 2.12 bits per heavy atom. The molecule has 2 N–H and O–H groups in total. The summed E-state index contributed by atoms with van der Waals surface area (Å²) in [6, 6.07) is 19.2. The van der Waals surface area contributed by atoms with Crippen molar-refractivity contribution in [2.24, 2.45) is 0 Å². The number of nitrogens with zero attached hydrogens (tertiary/aromatic N) is 1. The molecular weight excluding hydrogens is 462 g/mol. The standard InChI is InChI=1S/C23H25N3O5S2/c1-4-32(28,29)25-22-15-12-19(16-17(22)2)24-23(27)18-10-13-21(14-11-18)33(30,31)26(3)20-8-6-5-7-9-20/h5-16,25H,4H2,1-3H3,(H,24,27). The Morgan fingerprint density at radius 2 is 1.55 bits per heavy atom. The van der Waals surface area contributed by atoms with Crippen molar-refractivity contribution in [1.82, 2.24) is 0 Å². The molecule has 3 aromatic rings. The van der Waals surface area contributed by atoms with Crippen molar-refractivity contribution in [3.8, 4) is 0 Å². The number of aryl methyl sites for hydroxylation is 1. The maximum absolute atomic E-state index is 12.9. The SMILES string of the molecule is CCS(=O)(=O)Nc1ccc(NC(=O)c2ccc(S(=O)(=O)N(C)c3ccccc3)cc2)cc1C. The van der Waals surface area contributed by atoms with E-state index in [2.05, 4.69) is 10.0 Å². The van der Waals surface area contributed by atoms with Crippen LogP contribution in [0.2, 0.25) is 0 Å². The fourth-order valence-corrected chi connectivity index (χ4v) is 4.92. The highest BCUT2D eigenvalue weighted by Crippen LogP contribution is 2.23. The number of para-hydroxylation sites is 1. The lowest BCUT2D eigenvalue weighted by Crippen LogP contribution is -2.26. The van der Waals surface area contributed by atoms with Crippen LogP contribution in [0.3, 0.4) is 0 Å². The zero-order chi connectivity index (χ0) is 24.2. The smallest absolute Gasteiger partial charge is 0.264 e. The van der Waals surface area contributed by atoms with Crippen molar-refractivity contribution in [1.29, 1.82) is 0 Å². The van der Waals surface area contributed by atoms with E-state index in [0.29, 0.717) is 22.6 Å². The lowest BCUT2D eigenvalue weighted by Gasteiger charge is -2.19. The van der Waals surface area contributed by atoms with Crippen LogP contribution in [0, 0.1) is 6.92 Å². The second-order valence-corrected chi connectivity index (χ2v) is 11.3. The van der Waals surface area contributed by atoms with Gasteiger partial charge in [0.2, 0.25) is 10.0 Å². The predicted octanol–water partition coefficient (Wildman–Crippen LogP) is 3.83. The van der Waals surface area contributed by atoms with Crippen LogP contribution in [-0.4, -0.2) is 35.5 Å². The van der Waals surface area contributed by atoms with Gasteiger partial charge in [-0.05, 0) is 74.0 Å². The van der Waals surface area contributed by atoms with Gasteiger partial charge in [0.05, 0.1) is 22.0 Å². The third kappa shape index (κ3) is 5.71. The van der Waals surface area contributed by atoms with Gasteiger partial charge < -0.3 is 5.32 Å². The molecule has 0 saturated heterocycles. The third-order valence-corrected chi connectivity index (χ3v) is 8.12. The summed E-state index contributed by atoms with van der Waals surface area (Å²) in [7, 11) is -5.71. The molecule has 0 aliphatic carbocycles. The van der Waals surface area contributed by atoms with Gasteiger partial charge in [0.1, 0.15) is 0 Å². The molecule has 0 heterocycles. The minimum absolute atomic E-state index is 0.0439. The summed E-state index contributed by atoms with van der Waals surface area (Å²) >= 11 is 0. The van der Waals surface area contributed by atoms with Crippen LogP contribution in [0.15, 0.2) is 77.7 Å². The van der Waals surface area contributed by atoms with Gasteiger partial charge in [0.15, 0.2) is 0 Å². The number of carbonyl (C=O) groups excluding carboxylic acids is 1. The van der Waals surface area contributed by atoms with Gasteiger partial charge in [-0.1, -0.05) is 18.2 Å². The average molecular weight is 488 g/mol. The van der Waals surface area contributed by atoms with Gasteiger partial charge in [0.25, 0.3) is 15.9 Å². The lowest BCUT2D eigenvalue weighted by atomic mass is 10.1. The van der Waals surface area contributed by atoms with Crippen LogP contribution in [0.5, 0.6) is 0 Å². The molecule has 0 aliphatic heterocycles. The molecule has 0 spiro atoms. The molecule has 0 unspecified atom stereocenters. The maximum Gasteiger partial charge on any atom is 0.264 e. The van der Waals surface area contributed by atoms with Crippen LogP contribution >= 0.6 is 0 Å². The first-order chi connectivity index (χ1) is 15.5. The van der Waals surface area contributed by atoms with Gasteiger partial charge in [-0.25, -0.2) is 16.8 Å². The number of sulfonamides is 2. The van der Waals surface area contributed by atoms with E-state index in [4.69, 9.17) is 0 Å². The van der Waals surface area contributed by atoms with Crippen molar-refractivity contribution in [2.75, 3.05) is 27.1 Å². The number of amides is 1. The number of rotatable bonds is 8. The van der Waals surface area contributed by atoms with Crippen molar-refractivity contribution in [3.05, 3.63) is 83.9 Å². The van der Waals surface area contributed by atoms with E-state index in [1.165, 1.54) is 35.6 Å². The molecule has 8 nitrogen and oxygen atoms in total. The summed E-state index contributed by atoms with van der Waals surface area (Å²) in [5, 5.41) is 2.73. The zero-order valence-electron chi connectivity index (χ0n) is 18.4. The van der Waals surface area contributed by atoms with Gasteiger partial charge in [0, 0.05) is 18.3 Å². The molecule has 0 aliphatic rings. The Hall–Kier alpha value is -3.37. The minimum Gasteiger partial charge on any atom is -0.322 e. The molecule has 0 bridgehead atoms. The van der Waals surface area contributed by atoms with Gasteiger partial charge >= 0.3 is 0 Å². The summed E-state index contributed by atoms with van der Waals surface area (Å²) in [5.74, 6) is -0.464. The van der Waals surface area contributed by atoms with E-state index in [0.717, 1.165) is 0 Å². The third-order valence-electron chi connectivity index (χ3n) is 5.02. The molecule has 0 radical (unpaired) electrons. The van der Waals surface area contributed by atoms with E-state index >= 15 is 0 Å². The molecule has 10 heteroatoms. The number of carbonyl (C=O) groups is 1. The minimum atomic E-state index is -3.78. The summed E-state index contributed by atoms with van der Waals surface area (Å²) in [6.07, 6.45) is 0. The van der Waals surface area contributed by atoms with Crippen LogP contribution in [0.4, 0.5) is 17.1 Å². The van der Waals surface area contributed by atoms with Gasteiger partial charge in [-0.3, -0.25) is 13.8 Å².